The molecule has 2 aliphatic rings. The van der Waals surface area contributed by atoms with E-state index in [1.807, 2.05) is 0 Å². The number of carbonyl (C=O) groups excluding carboxylic acids is 13. The van der Waals surface area contributed by atoms with E-state index in [1.54, 1.807) is 60.7 Å². The van der Waals surface area contributed by atoms with Crippen LogP contribution in [0.2, 0.25) is 0 Å². The molecule has 0 spiro atoms. The lowest BCUT2D eigenvalue weighted by Gasteiger charge is -2.26. The Bertz CT molecular complexity index is 4210. The normalized spacial score (nSPS) is 19.9. The van der Waals surface area contributed by atoms with Crippen molar-refractivity contribution in [2.45, 2.75) is 169 Å². The molecule has 4 aromatic rings. The molecule has 9 atom stereocenters. The molecule has 3 heterocycles. The quantitative estimate of drug-likeness (QED) is 0.00397. The number of aromatic nitrogens is 1. The molecule has 2 aliphatic heterocycles. The fourth-order valence-electron chi connectivity index (χ4n) is 11.8. The lowest BCUT2D eigenvalue weighted by atomic mass is 10.0. The van der Waals surface area contributed by atoms with Crippen molar-refractivity contribution in [3.8, 4) is 0 Å². The summed E-state index contributed by atoms with van der Waals surface area (Å²) in [5.74, 6) is -13.5. The van der Waals surface area contributed by atoms with Gasteiger partial charge in [0.1, 0.15) is 54.4 Å². The van der Waals surface area contributed by atoms with E-state index in [9.17, 15) is 85.2 Å². The first-order valence-corrected chi connectivity index (χ1v) is 38.3. The Morgan fingerprint density at radius 3 is 1.44 bits per heavy atom. The third-order valence-electron chi connectivity index (χ3n) is 17.8. The van der Waals surface area contributed by atoms with Crippen molar-refractivity contribution in [2.75, 3.05) is 45.9 Å². The first kappa shape index (κ1) is 91.2. The molecule has 1 aromatic heterocycles. The second-order valence-corrected chi connectivity index (χ2v) is 28.1. The predicted octanol–water partition coefficient (Wildman–Crippen LogP) is -3.43. The number of carboxylic acids is 1. The molecule has 0 saturated carbocycles. The van der Waals surface area contributed by atoms with Crippen molar-refractivity contribution < 1.29 is 95.3 Å². The standard InChI is InChI=1S/C72H98N22O20S/c73-71(74)79-32-13-22-46-65(104)89-49(67(106)91-52(35-42-15-3-1-4-16-42)69(108)90-51(29-34-114-110)63(102)82-40-58(96)85-46)21-10-12-31-78-62(101)50(87-61(100)45-25-27-56(81-38-45)94-84-39-44-19-7-8-24-55(44)115(111,112)113)26-28-57(95)77-30-11-9-20-48-68(107)92-53(36-43-17-5-2-6-18-43)70(109)93-54(37-60(98)99)64(103)83-41-59(97)86-47(66(105)88-48)23-14-33-80-72(75)76/h1-8,15-19,24-25,27,38,46-54,110H,9-14,20-23,26,28-37,39-41H2,(H,77,95)(H,78,101)(H,82,102)(H,83,103)(H,85,96)(H,86,97)(H,87,100)(H,88,105)(H,89,104)(H,90,108)(H,91,106)(H,92,107)(H,93,109)(H,98,99)(H4,73,74,79)(H4,75,76,80)(H,111,112,113)/t46-,47-,48+,49+,50?,51+,52+,53+,54+/m0/s1. The van der Waals surface area contributed by atoms with Gasteiger partial charge in [0.2, 0.25) is 70.9 Å². The number of aliphatic carboxylic acids is 1. The van der Waals surface area contributed by atoms with Gasteiger partial charge in [0.15, 0.2) is 17.7 Å². The Kier molecular flexibility index (Phi) is 37.8. The highest BCUT2D eigenvalue weighted by Crippen LogP contribution is 2.19. The van der Waals surface area contributed by atoms with Crippen LogP contribution in [-0.4, -0.2) is 223 Å². The maximum Gasteiger partial charge on any atom is 0.305 e. The molecule has 13 amide bonds. The van der Waals surface area contributed by atoms with E-state index < -0.39 is 180 Å². The zero-order valence-corrected chi connectivity index (χ0v) is 63.5. The second-order valence-electron chi connectivity index (χ2n) is 26.7. The molecule has 6 rings (SSSR count). The minimum atomic E-state index is -4.60. The molecular weight excluding hydrogens is 1520 g/mol. The Hall–Kier alpha value is -12.6. The highest BCUT2D eigenvalue weighted by Gasteiger charge is 2.36. The van der Waals surface area contributed by atoms with Crippen molar-refractivity contribution >= 4 is 111 Å². The SMILES string of the molecule is N=C(N)NCCC[C@@H]1NC(=O)CNC(=O)[C@@H](CCOO)NC(=O)[C@@H](Cc2ccccc2)NC(=O)[C@@H](CCCCNC(=O)C(CCC(=O)NCCCC[C@H]2NC(=O)[C@H](CCCNC(=N)N)NC(=O)CNC(=O)[C@@H](CC(=O)O)NC(=O)[C@@H](Cc3ccccc3)NC2=O)NC(=O)c2ccc(N=NCc3ccccc3S(=O)(=O)O)nc2)NC1=O. The first-order valence-electron chi connectivity index (χ1n) is 36.9. The van der Waals surface area contributed by atoms with Gasteiger partial charge < -0.3 is 96.3 Å². The third kappa shape index (κ3) is 33.3. The molecule has 3 aromatic carbocycles. The summed E-state index contributed by atoms with van der Waals surface area (Å²) in [4.78, 5) is 201. The number of carbonyl (C=O) groups is 14. The summed E-state index contributed by atoms with van der Waals surface area (Å²) in [6.07, 6.45) is -0.886. The molecule has 115 heavy (non-hydrogen) atoms. The fourth-order valence-corrected chi connectivity index (χ4v) is 12.5. The van der Waals surface area contributed by atoms with Crippen molar-refractivity contribution in [3.63, 3.8) is 0 Å². The van der Waals surface area contributed by atoms with Crippen LogP contribution in [0.1, 0.15) is 117 Å². The number of carboxylic acid groups (broad SMARTS) is 1. The topological polar surface area (TPSA) is 661 Å². The van der Waals surface area contributed by atoms with Crippen molar-refractivity contribution in [1.29, 1.82) is 10.8 Å². The number of amides is 13. The minimum absolute atomic E-state index is 0.0299. The van der Waals surface area contributed by atoms with E-state index >= 15 is 0 Å². The van der Waals surface area contributed by atoms with Crippen LogP contribution < -0.4 is 91.2 Å². The van der Waals surface area contributed by atoms with E-state index in [1.165, 1.54) is 36.4 Å². The van der Waals surface area contributed by atoms with Crippen LogP contribution in [0.3, 0.4) is 0 Å². The van der Waals surface area contributed by atoms with Crippen LogP contribution in [0.4, 0.5) is 5.82 Å². The molecule has 0 bridgehead atoms. The summed E-state index contributed by atoms with van der Waals surface area (Å²) in [5, 5.41) is 80.4. The van der Waals surface area contributed by atoms with E-state index in [0.29, 0.717) is 11.1 Å². The summed E-state index contributed by atoms with van der Waals surface area (Å²) < 4.78 is 33.5. The van der Waals surface area contributed by atoms with E-state index in [0.717, 1.165) is 6.20 Å². The van der Waals surface area contributed by atoms with Crippen LogP contribution in [0, 0.1) is 10.8 Å². The van der Waals surface area contributed by atoms with Gasteiger partial charge in [0.05, 0.1) is 43.1 Å². The van der Waals surface area contributed by atoms with Gasteiger partial charge in [-0.3, -0.25) is 87.8 Å². The summed E-state index contributed by atoms with van der Waals surface area (Å²) in [7, 11) is -4.60. The zero-order valence-electron chi connectivity index (χ0n) is 62.7. The number of guanidine groups is 2. The number of nitrogens with two attached hydrogens (primary N) is 2. The van der Waals surface area contributed by atoms with Crippen LogP contribution in [0.25, 0.3) is 0 Å². The van der Waals surface area contributed by atoms with Gasteiger partial charge in [-0.15, -0.1) is 5.11 Å². The second kappa shape index (κ2) is 47.7. The van der Waals surface area contributed by atoms with Crippen LogP contribution in [0.15, 0.2) is 118 Å². The van der Waals surface area contributed by atoms with Gasteiger partial charge in [0, 0.05) is 58.1 Å². The van der Waals surface area contributed by atoms with Gasteiger partial charge in [-0.25, -0.2) is 9.87 Å². The van der Waals surface area contributed by atoms with Crippen molar-refractivity contribution in [2.24, 2.45) is 21.7 Å². The van der Waals surface area contributed by atoms with Gasteiger partial charge in [-0.2, -0.15) is 13.5 Å². The van der Waals surface area contributed by atoms with Gasteiger partial charge in [-0.1, -0.05) is 78.9 Å². The number of unbranched alkanes of at least 4 members (excludes halogenated alkanes) is 2. The van der Waals surface area contributed by atoms with Crippen molar-refractivity contribution in [3.05, 3.63) is 126 Å². The maximum atomic E-state index is 14.5. The molecule has 622 valence electrons. The van der Waals surface area contributed by atoms with Crippen LogP contribution >= 0.6 is 0 Å². The smallest absolute Gasteiger partial charge is 0.305 e. The fraction of sp³-hybridized carbons (Fsp3) is 0.458. The van der Waals surface area contributed by atoms with Crippen LogP contribution in [0.5, 0.6) is 0 Å². The third-order valence-corrected chi connectivity index (χ3v) is 18.7. The number of nitrogens with zero attached hydrogens (tertiary/aromatic N) is 3. The Labute approximate surface area is 660 Å². The monoisotopic (exact) mass is 1620 g/mol. The summed E-state index contributed by atoms with van der Waals surface area (Å²) >= 11 is 0. The van der Waals surface area contributed by atoms with Crippen molar-refractivity contribution in [1.82, 2.24) is 84.7 Å². The number of nitrogens with one attached hydrogen (secondary N) is 17. The number of benzene rings is 3. The predicted molar refractivity (Wildman–Crippen MR) is 408 cm³/mol. The summed E-state index contributed by atoms with van der Waals surface area (Å²) in [6.45, 7) is -2.18. The minimum Gasteiger partial charge on any atom is -0.481 e. The molecular formula is C72H98N22O20S. The average Bonchev–Trinajstić information content (AvgIpc) is 1.40. The zero-order chi connectivity index (χ0) is 83.8. The highest BCUT2D eigenvalue weighted by atomic mass is 32.2. The molecule has 24 N–H and O–H groups in total. The van der Waals surface area contributed by atoms with Gasteiger partial charge >= 0.3 is 5.97 Å². The average molecular weight is 1620 g/mol. The lowest BCUT2D eigenvalue weighted by Crippen LogP contribution is -2.58. The van der Waals surface area contributed by atoms with Crippen LogP contribution in [-0.2, 0) is 96.7 Å². The first-order chi connectivity index (χ1) is 55.0. The molecule has 0 aliphatic carbocycles. The van der Waals surface area contributed by atoms with E-state index in [2.05, 4.69) is 99.9 Å². The maximum absolute atomic E-state index is 14.5. The van der Waals surface area contributed by atoms with E-state index in [4.69, 9.17) is 27.5 Å². The molecule has 43 heteroatoms. The largest absolute Gasteiger partial charge is 0.481 e. The Morgan fingerprint density at radius 1 is 0.530 bits per heavy atom. The number of rotatable bonds is 37. The Morgan fingerprint density at radius 2 is 0.965 bits per heavy atom. The van der Waals surface area contributed by atoms with Gasteiger partial charge in [-0.05, 0) is 106 Å². The van der Waals surface area contributed by atoms with Gasteiger partial charge in [0.25, 0.3) is 16.0 Å². The molecule has 1 unspecified atom stereocenters. The molecule has 42 nitrogen and oxygen atoms in total. The number of azo groups is 1. The highest BCUT2D eigenvalue weighted by molar-refractivity contribution is 7.85. The summed E-state index contributed by atoms with van der Waals surface area (Å²) in [6, 6.07) is 12.0. The Balaban J connectivity index is 1.19. The van der Waals surface area contributed by atoms with E-state index in [-0.39, 0.29) is 156 Å². The lowest BCUT2D eigenvalue weighted by molar-refractivity contribution is -0.243. The molecule has 2 fully saturated rings. The molecule has 0 radical (unpaired) electrons. The summed E-state index contributed by atoms with van der Waals surface area (Å²) in [5.41, 5.74) is 12.0. The number of hydrogen-bond donors (Lipinski definition) is 22. The number of hydrogen-bond acceptors (Lipinski definition) is 23. The molecule has 2 saturated heterocycles. The number of pyridine rings is 1.